The summed E-state index contributed by atoms with van der Waals surface area (Å²) >= 11 is 0. The van der Waals surface area contributed by atoms with Crippen LogP contribution in [-0.4, -0.2) is 124 Å². The van der Waals surface area contributed by atoms with Crippen molar-refractivity contribution in [3.63, 3.8) is 0 Å². The smallest absolute Gasteiger partial charge is 0.331 e. The fourth-order valence-electron chi connectivity index (χ4n) is 3.45. The van der Waals surface area contributed by atoms with Gasteiger partial charge in [-0.15, -0.1) is 0 Å². The fourth-order valence-corrected chi connectivity index (χ4v) is 3.45. The van der Waals surface area contributed by atoms with Crippen molar-refractivity contribution in [2.75, 3.05) is 26.3 Å². The van der Waals surface area contributed by atoms with E-state index in [1.165, 1.54) is 0 Å². The Kier molecular flexibility index (Phi) is 18.1. The van der Waals surface area contributed by atoms with E-state index in [0.717, 1.165) is 6.92 Å². The number of rotatable bonds is 22. The second kappa shape index (κ2) is 20.3. The number of carbonyl (C=O) groups is 9. The maximum atomic E-state index is 13.0. The number of carboxylic acid groups (broad SMARTS) is 2. The second-order valence-electron chi connectivity index (χ2n) is 9.22. The Balaban J connectivity index is 5.82. The van der Waals surface area contributed by atoms with Crippen molar-refractivity contribution in [2.45, 2.75) is 63.2 Å². The monoisotopic (exact) mass is 632 g/mol. The first-order chi connectivity index (χ1) is 20.6. The lowest BCUT2D eigenvalue weighted by atomic mass is 9.94. The van der Waals surface area contributed by atoms with E-state index in [2.05, 4.69) is 26.6 Å². The number of nitrogens with one attached hydrogen (secondary N) is 5. The first kappa shape index (κ1) is 39.3. The number of aliphatic hydroxyl groups is 2. The molecule has 247 valence electrons. The summed E-state index contributed by atoms with van der Waals surface area (Å²) in [5, 5.41) is 48.2. The van der Waals surface area contributed by atoms with Crippen molar-refractivity contribution in [3.05, 3.63) is 5.92 Å². The molecule has 0 spiro atoms. The molecule has 20 heteroatoms. The lowest BCUT2D eigenvalue weighted by Gasteiger charge is -2.25. The third kappa shape index (κ3) is 14.5. The number of aliphatic hydroxyl groups excluding tert-OH is 2. The van der Waals surface area contributed by atoms with Gasteiger partial charge in [0.1, 0.15) is 18.1 Å². The lowest BCUT2D eigenvalue weighted by Crippen LogP contribution is -2.59. The normalized spacial score (nSPS) is 13.4. The fraction of sp³-hybridized carbons (Fsp3) is 0.583. The summed E-state index contributed by atoms with van der Waals surface area (Å²) in [5.41, 5.74) is 10.5. The molecular formula is C24H38N7O13. The molecule has 0 aliphatic heterocycles. The molecule has 0 rings (SSSR count). The van der Waals surface area contributed by atoms with Crippen LogP contribution in [0.15, 0.2) is 0 Å². The van der Waals surface area contributed by atoms with Gasteiger partial charge in [-0.25, -0.2) is 0 Å². The molecule has 0 saturated heterocycles. The van der Waals surface area contributed by atoms with E-state index in [9.17, 15) is 53.4 Å². The Labute approximate surface area is 250 Å². The summed E-state index contributed by atoms with van der Waals surface area (Å²) in [7, 11) is 0. The zero-order chi connectivity index (χ0) is 34.0. The molecule has 0 aromatic rings. The van der Waals surface area contributed by atoms with E-state index in [0.29, 0.717) is 6.42 Å². The van der Waals surface area contributed by atoms with Crippen LogP contribution in [0.4, 0.5) is 0 Å². The highest BCUT2D eigenvalue weighted by atomic mass is 16.4. The molecule has 13 N–H and O–H groups in total. The van der Waals surface area contributed by atoms with Gasteiger partial charge in [0, 0.05) is 13.3 Å². The van der Waals surface area contributed by atoms with E-state index in [4.69, 9.17) is 21.7 Å². The van der Waals surface area contributed by atoms with Crippen LogP contribution >= 0.6 is 0 Å². The number of hydrogen-bond acceptors (Lipinski definition) is 12. The Morgan fingerprint density at radius 2 is 1.16 bits per heavy atom. The Hall–Kier alpha value is -4.69. The maximum absolute atomic E-state index is 13.0. The number of amides is 6. The minimum absolute atomic E-state index is 0.157. The number of unbranched alkanes of at least 4 members (excludes halogenated alkanes) is 1. The molecule has 4 atom stereocenters. The number of aliphatic carboxylic acids is 2. The van der Waals surface area contributed by atoms with Gasteiger partial charge in [0.15, 0.2) is 5.78 Å². The molecule has 0 heterocycles. The molecule has 20 nitrogen and oxygen atoms in total. The molecule has 0 unspecified atom stereocenters. The zero-order valence-electron chi connectivity index (χ0n) is 23.8. The maximum Gasteiger partial charge on any atom is 0.331 e. The standard InChI is InChI=1S/C24H38N7O13/c1-11(34)27-8-17(36)28-14(9-32)21(39)30-13(5-6-16(26)35)20(38)31-15(10-33)22(40)29-12(4-2-3-7-25)19(37)18(23(41)42)24(43)44/h12-15,32-33H,2-10,25H2,1H3,(H2,26,35)(H,27,34)(H,28,36)(H,29,40)(H,30,39)(H,31,38)(H,41,42)(H,43,44)/t12-,13-,14-,15-/m0/s1. The van der Waals surface area contributed by atoms with Crippen LogP contribution < -0.4 is 38.1 Å². The average molecular weight is 633 g/mol. The largest absolute Gasteiger partial charge is 0.480 e. The van der Waals surface area contributed by atoms with Crippen LogP contribution in [0.2, 0.25) is 0 Å². The molecule has 0 aromatic carbocycles. The molecular weight excluding hydrogens is 594 g/mol. The van der Waals surface area contributed by atoms with Gasteiger partial charge >= 0.3 is 11.9 Å². The van der Waals surface area contributed by atoms with Gasteiger partial charge in [0.2, 0.25) is 35.4 Å². The summed E-state index contributed by atoms with van der Waals surface area (Å²) in [6, 6.07) is -6.77. The average Bonchev–Trinajstić information content (AvgIpc) is 2.94. The summed E-state index contributed by atoms with van der Waals surface area (Å²) in [6.45, 7) is -1.29. The summed E-state index contributed by atoms with van der Waals surface area (Å²) in [6.07, 6.45) is -0.677. The van der Waals surface area contributed by atoms with E-state index < -0.39 is 116 Å². The van der Waals surface area contributed by atoms with Gasteiger partial charge < -0.3 is 58.5 Å². The number of hydrogen-bond donors (Lipinski definition) is 11. The molecule has 0 saturated carbocycles. The highest BCUT2D eigenvalue weighted by Crippen LogP contribution is 2.12. The molecule has 44 heavy (non-hydrogen) atoms. The van der Waals surface area contributed by atoms with Crippen molar-refractivity contribution in [3.8, 4) is 0 Å². The Morgan fingerprint density at radius 3 is 1.61 bits per heavy atom. The predicted molar refractivity (Wildman–Crippen MR) is 145 cm³/mol. The van der Waals surface area contributed by atoms with E-state index in [-0.39, 0.29) is 19.4 Å². The highest BCUT2D eigenvalue weighted by molar-refractivity contribution is 6.31. The lowest BCUT2D eigenvalue weighted by molar-refractivity contribution is -0.148. The van der Waals surface area contributed by atoms with Crippen LogP contribution in [0.5, 0.6) is 0 Å². The molecule has 0 aliphatic carbocycles. The van der Waals surface area contributed by atoms with Crippen molar-refractivity contribution in [1.82, 2.24) is 26.6 Å². The topological polar surface area (TPSA) is 347 Å². The molecule has 0 aromatic heterocycles. The first-order valence-electron chi connectivity index (χ1n) is 13.1. The van der Waals surface area contributed by atoms with E-state index in [1.807, 2.05) is 0 Å². The molecule has 0 aliphatic rings. The number of nitrogens with two attached hydrogens (primary N) is 2. The third-order valence-corrected chi connectivity index (χ3v) is 5.71. The second-order valence-corrected chi connectivity index (χ2v) is 9.22. The van der Waals surface area contributed by atoms with Crippen molar-refractivity contribution >= 4 is 53.2 Å². The van der Waals surface area contributed by atoms with Gasteiger partial charge in [-0.2, -0.15) is 0 Å². The van der Waals surface area contributed by atoms with E-state index >= 15 is 0 Å². The van der Waals surface area contributed by atoms with Crippen LogP contribution in [0.25, 0.3) is 0 Å². The van der Waals surface area contributed by atoms with Gasteiger partial charge in [0.05, 0.1) is 25.8 Å². The van der Waals surface area contributed by atoms with Crippen molar-refractivity contribution in [1.29, 1.82) is 0 Å². The SMILES string of the molecule is CC(=O)NCC(=O)N[C@@H](CO)C(=O)N[C@@H](CCC(N)=O)C(=O)N[C@@H](CO)C(=O)N[C@@H](CCCCN)C(=O)[C](C(=O)O)C(=O)O. The summed E-state index contributed by atoms with van der Waals surface area (Å²) in [5.74, 6) is -12.9. The van der Waals surface area contributed by atoms with Gasteiger partial charge in [-0.05, 0) is 32.2 Å². The predicted octanol–water partition coefficient (Wildman–Crippen LogP) is -6.25. The minimum atomic E-state index is -2.06. The van der Waals surface area contributed by atoms with Gasteiger partial charge in [-0.1, -0.05) is 0 Å². The van der Waals surface area contributed by atoms with Crippen LogP contribution in [0, 0.1) is 5.92 Å². The number of carbonyl (C=O) groups excluding carboxylic acids is 7. The van der Waals surface area contributed by atoms with Crippen molar-refractivity contribution < 1.29 is 63.6 Å². The molecule has 0 fully saturated rings. The molecule has 0 bridgehead atoms. The third-order valence-electron chi connectivity index (χ3n) is 5.71. The number of primary amides is 1. The Morgan fingerprint density at radius 1 is 0.682 bits per heavy atom. The van der Waals surface area contributed by atoms with Gasteiger partial charge in [0.25, 0.3) is 5.92 Å². The first-order valence-corrected chi connectivity index (χ1v) is 13.1. The molecule has 6 amide bonds. The number of ketones is 1. The van der Waals surface area contributed by atoms with Gasteiger partial charge in [-0.3, -0.25) is 43.2 Å². The zero-order valence-corrected chi connectivity index (χ0v) is 23.8. The van der Waals surface area contributed by atoms with E-state index in [1.54, 1.807) is 0 Å². The van der Waals surface area contributed by atoms with Crippen LogP contribution in [0.1, 0.15) is 39.0 Å². The quantitative estimate of drug-likeness (QED) is 0.0391. The molecule has 1 radical (unpaired) electrons. The Bertz CT molecular complexity index is 1070. The highest BCUT2D eigenvalue weighted by Gasteiger charge is 2.41. The summed E-state index contributed by atoms with van der Waals surface area (Å²) < 4.78 is 0. The summed E-state index contributed by atoms with van der Waals surface area (Å²) in [4.78, 5) is 108. The van der Waals surface area contributed by atoms with Crippen molar-refractivity contribution in [2.24, 2.45) is 11.5 Å². The van der Waals surface area contributed by atoms with Crippen LogP contribution in [-0.2, 0) is 43.2 Å². The number of Topliss-reactive ketones (excluding diaryl/α,β-unsaturated/α-hetero) is 1. The van der Waals surface area contributed by atoms with Crippen LogP contribution in [0.3, 0.4) is 0 Å². The number of carboxylic acids is 2. The minimum Gasteiger partial charge on any atom is -0.480 e.